The van der Waals surface area contributed by atoms with Crippen LogP contribution >= 0.6 is 0 Å². The van der Waals surface area contributed by atoms with Gasteiger partial charge in [0.05, 0.1) is 16.8 Å². The third kappa shape index (κ3) is 5.95. The van der Waals surface area contributed by atoms with Crippen LogP contribution in [0, 0.1) is 15.9 Å². The van der Waals surface area contributed by atoms with Gasteiger partial charge in [0.2, 0.25) is 0 Å². The lowest BCUT2D eigenvalue weighted by Crippen LogP contribution is -2.21. The molecule has 0 aromatic heterocycles. The molecule has 3 aromatic rings. The van der Waals surface area contributed by atoms with E-state index in [9.17, 15) is 24.1 Å². The SMILES string of the molecule is O=C(COc1ccccc1/C=N/NC(=O)c1ccc([N+](=O)[O-])cc1)Nc1ccccc1F. The van der Waals surface area contributed by atoms with Crippen LogP contribution in [0.15, 0.2) is 77.9 Å². The molecule has 0 spiro atoms. The number of benzene rings is 3. The predicted octanol–water partition coefficient (Wildman–Crippen LogP) is 3.52. The van der Waals surface area contributed by atoms with Crippen molar-refractivity contribution in [1.29, 1.82) is 0 Å². The summed E-state index contributed by atoms with van der Waals surface area (Å²) in [7, 11) is 0. The van der Waals surface area contributed by atoms with Gasteiger partial charge in [0.1, 0.15) is 11.6 Å². The summed E-state index contributed by atoms with van der Waals surface area (Å²) in [6.45, 7) is -0.367. The molecule has 0 bridgehead atoms. The summed E-state index contributed by atoms with van der Waals surface area (Å²) in [5.74, 6) is -1.34. The number of non-ortho nitro benzene ring substituents is 1. The zero-order valence-electron chi connectivity index (χ0n) is 16.5. The largest absolute Gasteiger partial charge is 0.483 e. The second-order valence-corrected chi connectivity index (χ2v) is 6.36. The summed E-state index contributed by atoms with van der Waals surface area (Å²) in [6.07, 6.45) is 1.33. The van der Waals surface area contributed by atoms with Gasteiger partial charge in [0.25, 0.3) is 17.5 Å². The zero-order valence-corrected chi connectivity index (χ0v) is 16.5. The molecule has 32 heavy (non-hydrogen) atoms. The van der Waals surface area contributed by atoms with Crippen LogP contribution in [-0.4, -0.2) is 29.6 Å². The number of rotatable bonds is 8. The number of nitro benzene ring substituents is 1. The number of halogens is 1. The van der Waals surface area contributed by atoms with Crippen LogP contribution in [-0.2, 0) is 4.79 Å². The molecule has 0 unspecified atom stereocenters. The van der Waals surface area contributed by atoms with Gasteiger partial charge in [-0.25, -0.2) is 9.82 Å². The number of ether oxygens (including phenoxy) is 1. The number of para-hydroxylation sites is 2. The van der Waals surface area contributed by atoms with Crippen LogP contribution in [0.2, 0.25) is 0 Å². The maximum absolute atomic E-state index is 13.6. The Bertz CT molecular complexity index is 1160. The topological polar surface area (TPSA) is 123 Å². The number of anilines is 1. The first-order valence-corrected chi connectivity index (χ1v) is 9.28. The number of nitrogens with zero attached hydrogens (tertiary/aromatic N) is 2. The smallest absolute Gasteiger partial charge is 0.271 e. The Morgan fingerprint density at radius 2 is 1.72 bits per heavy atom. The van der Waals surface area contributed by atoms with E-state index in [1.54, 1.807) is 30.3 Å². The van der Waals surface area contributed by atoms with Gasteiger partial charge in [-0.3, -0.25) is 19.7 Å². The van der Waals surface area contributed by atoms with Gasteiger partial charge in [0.15, 0.2) is 6.61 Å². The van der Waals surface area contributed by atoms with Gasteiger partial charge in [-0.1, -0.05) is 24.3 Å². The summed E-state index contributed by atoms with van der Waals surface area (Å²) in [4.78, 5) is 34.3. The molecular weight excluding hydrogens is 419 g/mol. The second kappa shape index (κ2) is 10.4. The van der Waals surface area contributed by atoms with Gasteiger partial charge in [-0.15, -0.1) is 0 Å². The fourth-order valence-corrected chi connectivity index (χ4v) is 2.57. The maximum atomic E-state index is 13.6. The molecule has 0 saturated heterocycles. The number of nitrogens with one attached hydrogen (secondary N) is 2. The minimum Gasteiger partial charge on any atom is -0.483 e. The molecule has 9 nitrogen and oxygen atoms in total. The predicted molar refractivity (Wildman–Crippen MR) is 115 cm³/mol. The number of carbonyl (C=O) groups excluding carboxylic acids is 2. The van der Waals surface area contributed by atoms with E-state index < -0.39 is 22.6 Å². The number of hydrogen-bond acceptors (Lipinski definition) is 6. The Balaban J connectivity index is 1.58. The molecule has 10 heteroatoms. The highest BCUT2D eigenvalue weighted by molar-refractivity contribution is 5.95. The van der Waals surface area contributed by atoms with Crippen molar-refractivity contribution in [1.82, 2.24) is 5.43 Å². The summed E-state index contributed by atoms with van der Waals surface area (Å²) in [5, 5.41) is 16.9. The van der Waals surface area contributed by atoms with Crippen molar-refractivity contribution >= 4 is 29.4 Å². The number of nitro groups is 1. The molecule has 0 atom stereocenters. The molecular formula is C22H17FN4O5. The fraction of sp³-hybridized carbons (Fsp3) is 0.0455. The van der Waals surface area contributed by atoms with Crippen LogP contribution in [0.5, 0.6) is 5.75 Å². The van der Waals surface area contributed by atoms with Gasteiger partial charge in [0, 0.05) is 23.3 Å². The van der Waals surface area contributed by atoms with Crippen LogP contribution in [0.3, 0.4) is 0 Å². The van der Waals surface area contributed by atoms with Gasteiger partial charge < -0.3 is 10.1 Å². The van der Waals surface area contributed by atoms with Gasteiger partial charge >= 0.3 is 0 Å². The van der Waals surface area contributed by atoms with E-state index in [2.05, 4.69) is 15.8 Å². The molecule has 0 aliphatic carbocycles. The minimum atomic E-state index is -0.562. The Kier molecular flexibility index (Phi) is 7.20. The first-order valence-electron chi connectivity index (χ1n) is 9.28. The van der Waals surface area contributed by atoms with Crippen molar-refractivity contribution in [2.24, 2.45) is 5.10 Å². The molecule has 0 heterocycles. The third-order valence-corrected chi connectivity index (χ3v) is 4.14. The number of carbonyl (C=O) groups is 2. The van der Waals surface area contributed by atoms with E-state index >= 15 is 0 Å². The van der Waals surface area contributed by atoms with Crippen molar-refractivity contribution in [3.05, 3.63) is 99.9 Å². The molecule has 0 saturated carbocycles. The molecule has 2 amide bonds. The van der Waals surface area contributed by atoms with E-state index in [-0.39, 0.29) is 23.5 Å². The van der Waals surface area contributed by atoms with Crippen molar-refractivity contribution in [2.75, 3.05) is 11.9 Å². The lowest BCUT2D eigenvalue weighted by atomic mass is 10.2. The molecule has 3 aromatic carbocycles. The van der Waals surface area contributed by atoms with Crippen LogP contribution in [0.1, 0.15) is 15.9 Å². The van der Waals surface area contributed by atoms with Crippen LogP contribution < -0.4 is 15.5 Å². The highest BCUT2D eigenvalue weighted by Gasteiger charge is 2.10. The molecule has 0 aliphatic rings. The normalized spacial score (nSPS) is 10.5. The average Bonchev–Trinajstić information content (AvgIpc) is 2.80. The van der Waals surface area contributed by atoms with Crippen molar-refractivity contribution in [3.63, 3.8) is 0 Å². The van der Waals surface area contributed by atoms with Crippen molar-refractivity contribution in [3.8, 4) is 5.75 Å². The van der Waals surface area contributed by atoms with Crippen molar-refractivity contribution < 1.29 is 23.6 Å². The molecule has 162 valence electrons. The number of hydrazone groups is 1. The molecule has 0 fully saturated rings. The van der Waals surface area contributed by atoms with Gasteiger partial charge in [-0.2, -0.15) is 5.10 Å². The number of amides is 2. The standard InChI is InChI=1S/C22H17FN4O5/c23-18-6-2-3-7-19(18)25-21(28)14-32-20-8-4-1-5-16(20)13-24-26-22(29)15-9-11-17(12-10-15)27(30)31/h1-13H,14H2,(H,25,28)(H,26,29)/b24-13+. The van der Waals surface area contributed by atoms with E-state index in [1.165, 1.54) is 48.7 Å². The van der Waals surface area contributed by atoms with E-state index in [1.807, 2.05) is 0 Å². The van der Waals surface area contributed by atoms with Crippen LogP contribution in [0.25, 0.3) is 0 Å². The summed E-state index contributed by atoms with van der Waals surface area (Å²) in [5.41, 5.74) is 2.91. The quantitative estimate of drug-likeness (QED) is 0.318. The zero-order chi connectivity index (χ0) is 22.9. The molecule has 3 rings (SSSR count). The lowest BCUT2D eigenvalue weighted by molar-refractivity contribution is -0.384. The maximum Gasteiger partial charge on any atom is 0.271 e. The monoisotopic (exact) mass is 436 g/mol. The Morgan fingerprint density at radius 3 is 2.44 bits per heavy atom. The van der Waals surface area contributed by atoms with E-state index in [4.69, 9.17) is 4.74 Å². The Hall–Kier alpha value is -4.60. The lowest BCUT2D eigenvalue weighted by Gasteiger charge is -2.10. The average molecular weight is 436 g/mol. The van der Waals surface area contributed by atoms with E-state index in [0.29, 0.717) is 11.3 Å². The molecule has 2 N–H and O–H groups in total. The molecule has 0 aliphatic heterocycles. The Labute approximate surface area is 181 Å². The first-order chi connectivity index (χ1) is 15.4. The second-order valence-electron chi connectivity index (χ2n) is 6.36. The van der Waals surface area contributed by atoms with Crippen LogP contribution in [0.4, 0.5) is 15.8 Å². The minimum absolute atomic E-state index is 0.0462. The highest BCUT2D eigenvalue weighted by atomic mass is 19.1. The third-order valence-electron chi connectivity index (χ3n) is 4.14. The van der Waals surface area contributed by atoms with Gasteiger partial charge in [-0.05, 0) is 36.4 Å². The Morgan fingerprint density at radius 1 is 1.03 bits per heavy atom. The summed E-state index contributed by atoms with van der Waals surface area (Å²) >= 11 is 0. The fourth-order valence-electron chi connectivity index (χ4n) is 2.57. The highest BCUT2D eigenvalue weighted by Crippen LogP contribution is 2.17. The number of hydrogen-bond donors (Lipinski definition) is 2. The summed E-state index contributed by atoms with van der Waals surface area (Å²) < 4.78 is 19.1. The summed E-state index contributed by atoms with van der Waals surface area (Å²) in [6, 6.07) is 17.5. The van der Waals surface area contributed by atoms with E-state index in [0.717, 1.165) is 0 Å². The van der Waals surface area contributed by atoms with Crippen molar-refractivity contribution in [2.45, 2.75) is 0 Å². The first kappa shape index (κ1) is 22.1. The molecule has 0 radical (unpaired) electrons.